The molecule has 5 nitrogen and oxygen atoms in total. The van der Waals surface area contributed by atoms with Crippen molar-refractivity contribution in [2.24, 2.45) is 0 Å². The van der Waals surface area contributed by atoms with Crippen molar-refractivity contribution >= 4 is 20.1 Å². The third kappa shape index (κ3) is 9.53. The van der Waals surface area contributed by atoms with Crippen LogP contribution in [0.25, 0.3) is 0 Å². The highest BCUT2D eigenvalue weighted by Crippen LogP contribution is 2.38. The number of Topliss-reactive ketones (excluding diaryl/α,β-unsaturated/α-hetero) is 1. The van der Waals surface area contributed by atoms with E-state index in [0.717, 1.165) is 13.1 Å². The Labute approximate surface area is 206 Å². The molecule has 0 saturated heterocycles. The Morgan fingerprint density at radius 3 is 1.85 bits per heavy atom. The number of rotatable bonds is 13. The largest absolute Gasteiger partial charge is 0.469 e. The minimum absolute atomic E-state index is 0.0605. The molecule has 0 N–H and O–H groups in total. The Balaban J connectivity index is 2.22. The summed E-state index contributed by atoms with van der Waals surface area (Å²) in [7, 11) is -0.750. The van der Waals surface area contributed by atoms with Gasteiger partial charge in [0.25, 0.3) is 0 Å². The average Bonchev–Trinajstić information content (AvgIpc) is 2.77. The quantitative estimate of drug-likeness (QED) is 0.199. The first-order valence-electron chi connectivity index (χ1n) is 12.1. The number of methoxy groups -OCH3 is 1. The normalized spacial score (nSPS) is 13.0. The number of benzene rings is 2. The lowest BCUT2D eigenvalue weighted by Gasteiger charge is -2.40. The van der Waals surface area contributed by atoms with Gasteiger partial charge < -0.3 is 9.16 Å². The lowest BCUT2D eigenvalue weighted by Crippen LogP contribution is -2.47. The van der Waals surface area contributed by atoms with Crippen LogP contribution in [0.4, 0.5) is 0 Å². The third-order valence-electron chi connectivity index (χ3n) is 6.54. The highest BCUT2D eigenvalue weighted by Gasteiger charge is 2.39. The number of carbonyl (C=O) groups is 2. The van der Waals surface area contributed by atoms with Crippen molar-refractivity contribution in [1.29, 1.82) is 0 Å². The molecule has 6 heteroatoms. The van der Waals surface area contributed by atoms with Crippen LogP contribution < -0.4 is 0 Å². The molecule has 1 atom stereocenters. The number of ketones is 1. The third-order valence-corrected chi connectivity index (χ3v) is 11.1. The molecule has 0 radical (unpaired) electrons. The van der Waals surface area contributed by atoms with Gasteiger partial charge in [-0.3, -0.25) is 14.5 Å². The van der Waals surface area contributed by atoms with Gasteiger partial charge in [0.1, 0.15) is 12.2 Å². The van der Waals surface area contributed by atoms with Crippen LogP contribution in [-0.4, -0.2) is 44.7 Å². The lowest BCUT2D eigenvalue weighted by molar-refractivity contribution is -0.143. The van der Waals surface area contributed by atoms with Gasteiger partial charge in [0.05, 0.1) is 13.2 Å². The predicted octanol–water partition coefficient (Wildman–Crippen LogP) is 5.99. The fraction of sp³-hybridized carbons (Fsp3) is 0.500. The van der Waals surface area contributed by atoms with Gasteiger partial charge in [-0.2, -0.15) is 0 Å². The van der Waals surface area contributed by atoms with E-state index in [4.69, 9.17) is 4.43 Å². The smallest absolute Gasteiger partial charge is 0.313 e. The lowest BCUT2D eigenvalue weighted by atomic mass is 10.1. The molecule has 0 aliphatic carbocycles. The molecule has 0 amide bonds. The van der Waals surface area contributed by atoms with E-state index < -0.39 is 14.3 Å². The van der Waals surface area contributed by atoms with Crippen molar-refractivity contribution in [3.8, 4) is 0 Å². The van der Waals surface area contributed by atoms with E-state index in [-0.39, 0.29) is 23.3 Å². The zero-order chi connectivity index (χ0) is 25.2. The van der Waals surface area contributed by atoms with Gasteiger partial charge in [-0.1, -0.05) is 81.4 Å². The van der Waals surface area contributed by atoms with E-state index in [1.165, 1.54) is 18.2 Å². The first-order chi connectivity index (χ1) is 16.0. The molecular formula is C28H41NO4Si. The molecule has 0 heterocycles. The first kappa shape index (κ1) is 28.0. The van der Waals surface area contributed by atoms with E-state index in [0.29, 0.717) is 19.4 Å². The molecule has 2 aromatic rings. The number of hydrogen-bond donors (Lipinski definition) is 0. The summed E-state index contributed by atoms with van der Waals surface area (Å²) >= 11 is 0. The van der Waals surface area contributed by atoms with Crippen LogP contribution in [-0.2, 0) is 31.8 Å². The number of ether oxygens (including phenoxy) is 1. The Kier molecular flexibility index (Phi) is 10.7. The summed E-state index contributed by atoms with van der Waals surface area (Å²) < 4.78 is 11.5. The summed E-state index contributed by atoms with van der Waals surface area (Å²) in [5, 5.41) is 0.0605. The van der Waals surface area contributed by atoms with Gasteiger partial charge in [-0.15, -0.1) is 0 Å². The maximum absolute atomic E-state index is 12.4. The van der Waals surface area contributed by atoms with Gasteiger partial charge in [0, 0.05) is 26.1 Å². The zero-order valence-electron chi connectivity index (χ0n) is 21.7. The Bertz CT molecular complexity index is 852. The van der Waals surface area contributed by atoms with Crippen LogP contribution >= 0.6 is 0 Å². The fourth-order valence-corrected chi connectivity index (χ4v) is 4.96. The molecule has 34 heavy (non-hydrogen) atoms. The Morgan fingerprint density at radius 2 is 1.41 bits per heavy atom. The zero-order valence-corrected chi connectivity index (χ0v) is 22.7. The minimum Gasteiger partial charge on any atom is -0.469 e. The number of esters is 1. The van der Waals surface area contributed by atoms with Crippen LogP contribution in [0.2, 0.25) is 18.1 Å². The van der Waals surface area contributed by atoms with Crippen molar-refractivity contribution in [2.75, 3.05) is 13.7 Å². The Hall–Kier alpha value is -2.28. The highest BCUT2D eigenvalue weighted by atomic mass is 28.4. The summed E-state index contributed by atoms with van der Waals surface area (Å²) in [6.45, 7) is 13.5. The van der Waals surface area contributed by atoms with Crippen LogP contribution in [0.5, 0.6) is 0 Å². The minimum atomic E-state index is -2.06. The summed E-state index contributed by atoms with van der Waals surface area (Å²) in [4.78, 5) is 26.3. The van der Waals surface area contributed by atoms with Crippen molar-refractivity contribution in [3.05, 3.63) is 71.8 Å². The molecule has 0 aliphatic heterocycles. The fourth-order valence-electron chi connectivity index (χ4n) is 3.58. The maximum Gasteiger partial charge on any atom is 0.313 e. The molecule has 0 spiro atoms. The van der Waals surface area contributed by atoms with E-state index in [1.807, 2.05) is 12.1 Å². The van der Waals surface area contributed by atoms with Gasteiger partial charge in [-0.05, 0) is 35.7 Å². The SMILES string of the molecule is COC(=O)CC(=O)CC[C@H](CN(Cc1ccccc1)Cc1ccccc1)O[Si](C)(C)C(C)(C)C. The molecule has 0 fully saturated rings. The second-order valence-electron chi connectivity index (χ2n) is 10.5. The maximum atomic E-state index is 12.4. The molecule has 0 saturated carbocycles. The van der Waals surface area contributed by atoms with Crippen molar-refractivity contribution in [3.63, 3.8) is 0 Å². The summed E-state index contributed by atoms with van der Waals surface area (Å²) in [5.74, 6) is -0.588. The monoisotopic (exact) mass is 483 g/mol. The summed E-state index contributed by atoms with van der Waals surface area (Å²) in [5.41, 5.74) is 2.48. The second kappa shape index (κ2) is 13.0. The van der Waals surface area contributed by atoms with E-state index in [1.54, 1.807) is 0 Å². The van der Waals surface area contributed by atoms with E-state index >= 15 is 0 Å². The molecule has 0 aliphatic rings. The Morgan fingerprint density at radius 1 is 0.912 bits per heavy atom. The van der Waals surface area contributed by atoms with Gasteiger partial charge in [0.15, 0.2) is 8.32 Å². The van der Waals surface area contributed by atoms with Crippen molar-refractivity contribution in [1.82, 2.24) is 4.90 Å². The molecule has 0 unspecified atom stereocenters. The van der Waals surface area contributed by atoms with E-state index in [9.17, 15) is 9.59 Å². The number of nitrogens with zero attached hydrogens (tertiary/aromatic N) is 1. The molecule has 186 valence electrons. The van der Waals surface area contributed by atoms with E-state index in [2.05, 4.69) is 92.0 Å². The van der Waals surface area contributed by atoms with Crippen LogP contribution in [0, 0.1) is 0 Å². The topological polar surface area (TPSA) is 55.8 Å². The summed E-state index contributed by atoms with van der Waals surface area (Å²) in [6.07, 6.45) is 0.609. The van der Waals surface area contributed by atoms with Gasteiger partial charge in [-0.25, -0.2) is 0 Å². The number of carbonyl (C=O) groups excluding carboxylic acids is 2. The first-order valence-corrected chi connectivity index (χ1v) is 15.0. The molecule has 2 rings (SSSR count). The van der Waals surface area contributed by atoms with Crippen LogP contribution in [0.1, 0.15) is 51.2 Å². The van der Waals surface area contributed by atoms with Crippen molar-refractivity contribution in [2.45, 2.75) is 77.4 Å². The van der Waals surface area contributed by atoms with Crippen LogP contribution in [0.3, 0.4) is 0 Å². The molecule has 2 aromatic carbocycles. The summed E-state index contributed by atoms with van der Waals surface area (Å²) in [6, 6.07) is 20.9. The molecular weight excluding hydrogens is 442 g/mol. The second-order valence-corrected chi connectivity index (χ2v) is 15.2. The molecule has 0 bridgehead atoms. The predicted molar refractivity (Wildman–Crippen MR) is 140 cm³/mol. The highest BCUT2D eigenvalue weighted by molar-refractivity contribution is 6.74. The van der Waals surface area contributed by atoms with Crippen molar-refractivity contribution < 1.29 is 18.8 Å². The molecule has 0 aromatic heterocycles. The number of hydrogen-bond acceptors (Lipinski definition) is 5. The van der Waals surface area contributed by atoms with Gasteiger partial charge in [0.2, 0.25) is 0 Å². The standard InChI is InChI=1S/C28H41NO4Si/c1-28(2,3)34(5,6)33-26(18-17-25(30)19-27(31)32-4)22-29(20-23-13-9-7-10-14-23)21-24-15-11-8-12-16-24/h7-16,26H,17-22H2,1-6H3/t26-/m1/s1. The van der Waals surface area contributed by atoms with Crippen LogP contribution in [0.15, 0.2) is 60.7 Å². The van der Waals surface area contributed by atoms with Gasteiger partial charge >= 0.3 is 5.97 Å². The average molecular weight is 484 g/mol.